The summed E-state index contributed by atoms with van der Waals surface area (Å²) in [5.41, 5.74) is 4.00. The number of hydrogen-bond donors (Lipinski definition) is 0. The number of fused-ring (bicyclic) bond motifs is 6. The van der Waals surface area contributed by atoms with Gasteiger partial charge in [0.15, 0.2) is 23.0 Å². The molecule has 0 N–H and O–H groups in total. The minimum atomic E-state index is -0.0620. The molecular formula is C26H21NO5. The summed E-state index contributed by atoms with van der Waals surface area (Å²) >= 11 is 0. The summed E-state index contributed by atoms with van der Waals surface area (Å²) in [5, 5.41) is 1.40. The van der Waals surface area contributed by atoms with E-state index in [1.54, 1.807) is 7.11 Å². The molecule has 6 heteroatoms. The minimum Gasteiger partial charge on any atom is -0.493 e. The summed E-state index contributed by atoms with van der Waals surface area (Å²) in [5.74, 6) is 2.50. The molecule has 32 heavy (non-hydrogen) atoms. The lowest BCUT2D eigenvalue weighted by Gasteiger charge is -2.24. The van der Waals surface area contributed by atoms with Crippen LogP contribution in [0, 0.1) is 0 Å². The number of nitrogens with zero attached hydrogens (tertiary/aromatic N) is 1. The largest absolute Gasteiger partial charge is 0.493 e. The second-order valence-corrected chi connectivity index (χ2v) is 7.93. The fourth-order valence-corrected chi connectivity index (χ4v) is 4.53. The second-order valence-electron chi connectivity index (χ2n) is 7.93. The van der Waals surface area contributed by atoms with Crippen molar-refractivity contribution in [1.82, 2.24) is 4.57 Å². The molecule has 0 saturated carbocycles. The van der Waals surface area contributed by atoms with Crippen LogP contribution in [0.2, 0.25) is 0 Å². The SMILES string of the molecule is COc1cc2c(cc1OCc1ccccc1)-c1cc3ccc4c(c3c(=O)n1CC2)OCO4. The highest BCUT2D eigenvalue weighted by molar-refractivity contribution is 5.93. The van der Waals surface area contributed by atoms with E-state index in [0.717, 1.165) is 34.2 Å². The Bertz CT molecular complexity index is 1410. The number of aryl methyl sites for hydroxylation is 1. The zero-order valence-electron chi connectivity index (χ0n) is 17.6. The summed E-state index contributed by atoms with van der Waals surface area (Å²) in [6.45, 7) is 1.17. The molecule has 0 amide bonds. The van der Waals surface area contributed by atoms with Gasteiger partial charge in [0.2, 0.25) is 6.79 Å². The lowest BCUT2D eigenvalue weighted by molar-refractivity contribution is 0.174. The van der Waals surface area contributed by atoms with Crippen LogP contribution in [0.15, 0.2) is 65.5 Å². The molecule has 0 saturated heterocycles. The lowest BCUT2D eigenvalue weighted by atomic mass is 9.95. The van der Waals surface area contributed by atoms with Crippen LogP contribution in [0.1, 0.15) is 11.1 Å². The maximum atomic E-state index is 13.4. The van der Waals surface area contributed by atoms with E-state index in [9.17, 15) is 4.79 Å². The zero-order chi connectivity index (χ0) is 21.7. The van der Waals surface area contributed by atoms with Crippen molar-refractivity contribution in [3.63, 3.8) is 0 Å². The van der Waals surface area contributed by atoms with Crippen molar-refractivity contribution in [3.8, 4) is 34.3 Å². The quantitative estimate of drug-likeness (QED) is 0.479. The maximum absolute atomic E-state index is 13.4. The fraction of sp³-hybridized carbons (Fsp3) is 0.192. The van der Waals surface area contributed by atoms with E-state index in [1.807, 2.05) is 65.2 Å². The molecule has 0 unspecified atom stereocenters. The number of rotatable bonds is 4. The van der Waals surface area contributed by atoms with Crippen LogP contribution >= 0.6 is 0 Å². The molecule has 6 rings (SSSR count). The highest BCUT2D eigenvalue weighted by Crippen LogP contribution is 2.42. The standard InChI is InChI=1S/C26H21NO5/c1-29-22-12-17-9-10-27-20(19(17)13-23(22)30-14-16-5-3-2-4-6-16)11-18-7-8-21-25(32-15-31-21)24(18)26(27)28/h2-8,11-13H,9-10,14-15H2,1H3. The molecule has 0 bridgehead atoms. The Kier molecular flexibility index (Phi) is 4.31. The van der Waals surface area contributed by atoms with Crippen LogP contribution in [-0.2, 0) is 19.6 Å². The van der Waals surface area contributed by atoms with Gasteiger partial charge in [0, 0.05) is 12.1 Å². The first kappa shape index (κ1) is 18.8. The third kappa shape index (κ3) is 2.91. The molecule has 2 aliphatic rings. The molecule has 2 aliphatic heterocycles. The van der Waals surface area contributed by atoms with E-state index in [0.29, 0.717) is 41.5 Å². The third-order valence-electron chi connectivity index (χ3n) is 6.12. The first-order valence-electron chi connectivity index (χ1n) is 10.6. The predicted molar refractivity (Wildman–Crippen MR) is 121 cm³/mol. The molecular weight excluding hydrogens is 406 g/mol. The summed E-state index contributed by atoms with van der Waals surface area (Å²) in [4.78, 5) is 13.4. The van der Waals surface area contributed by atoms with Crippen LogP contribution in [-0.4, -0.2) is 18.5 Å². The average Bonchev–Trinajstić information content (AvgIpc) is 3.31. The molecule has 1 aromatic heterocycles. The Hall–Kier alpha value is -3.93. The molecule has 3 aromatic carbocycles. The maximum Gasteiger partial charge on any atom is 0.262 e. The molecule has 3 heterocycles. The van der Waals surface area contributed by atoms with Gasteiger partial charge in [-0.1, -0.05) is 36.4 Å². The van der Waals surface area contributed by atoms with Gasteiger partial charge in [0.25, 0.3) is 5.56 Å². The van der Waals surface area contributed by atoms with Gasteiger partial charge in [-0.25, -0.2) is 0 Å². The minimum absolute atomic E-state index is 0.0620. The van der Waals surface area contributed by atoms with Gasteiger partial charge in [0.1, 0.15) is 6.61 Å². The van der Waals surface area contributed by atoms with Crippen molar-refractivity contribution in [2.75, 3.05) is 13.9 Å². The van der Waals surface area contributed by atoms with Crippen molar-refractivity contribution in [2.24, 2.45) is 0 Å². The number of pyridine rings is 1. The van der Waals surface area contributed by atoms with Crippen molar-refractivity contribution in [1.29, 1.82) is 0 Å². The first-order valence-corrected chi connectivity index (χ1v) is 10.6. The van der Waals surface area contributed by atoms with Crippen LogP contribution in [0.25, 0.3) is 22.0 Å². The molecule has 0 fully saturated rings. The molecule has 0 atom stereocenters. The summed E-state index contributed by atoms with van der Waals surface area (Å²) in [7, 11) is 1.65. The molecule has 160 valence electrons. The van der Waals surface area contributed by atoms with Crippen molar-refractivity contribution in [2.45, 2.75) is 19.6 Å². The van der Waals surface area contributed by atoms with Gasteiger partial charge >= 0.3 is 0 Å². The van der Waals surface area contributed by atoms with Crippen LogP contribution < -0.4 is 24.5 Å². The van der Waals surface area contributed by atoms with Crippen molar-refractivity contribution >= 4 is 10.8 Å². The fourth-order valence-electron chi connectivity index (χ4n) is 4.53. The van der Waals surface area contributed by atoms with Gasteiger partial charge in [-0.05, 0) is 47.2 Å². The van der Waals surface area contributed by atoms with Crippen LogP contribution in [0.4, 0.5) is 0 Å². The number of benzene rings is 3. The third-order valence-corrected chi connectivity index (χ3v) is 6.12. The van der Waals surface area contributed by atoms with E-state index >= 15 is 0 Å². The Labute approximate surface area is 184 Å². The Morgan fingerprint density at radius 2 is 1.88 bits per heavy atom. The van der Waals surface area contributed by atoms with Crippen molar-refractivity contribution in [3.05, 3.63) is 82.1 Å². The van der Waals surface area contributed by atoms with Crippen LogP contribution in [0.3, 0.4) is 0 Å². The molecule has 0 radical (unpaired) electrons. The molecule has 4 aromatic rings. The lowest BCUT2D eigenvalue weighted by Crippen LogP contribution is -2.26. The van der Waals surface area contributed by atoms with Gasteiger partial charge in [-0.3, -0.25) is 4.79 Å². The van der Waals surface area contributed by atoms with Gasteiger partial charge in [-0.15, -0.1) is 0 Å². The predicted octanol–water partition coefficient (Wildman–Crippen LogP) is 4.54. The summed E-state index contributed by atoms with van der Waals surface area (Å²) in [6.07, 6.45) is 0.732. The first-order chi connectivity index (χ1) is 15.7. The van der Waals surface area contributed by atoms with E-state index in [1.165, 1.54) is 0 Å². The number of ether oxygens (including phenoxy) is 4. The normalized spacial score (nSPS) is 13.5. The highest BCUT2D eigenvalue weighted by atomic mass is 16.7. The van der Waals surface area contributed by atoms with Gasteiger partial charge < -0.3 is 23.5 Å². The van der Waals surface area contributed by atoms with Gasteiger partial charge in [0.05, 0.1) is 18.2 Å². The smallest absolute Gasteiger partial charge is 0.262 e. The highest BCUT2D eigenvalue weighted by Gasteiger charge is 2.25. The van der Waals surface area contributed by atoms with Crippen LogP contribution in [0.5, 0.6) is 23.0 Å². The number of hydrogen-bond acceptors (Lipinski definition) is 5. The Morgan fingerprint density at radius 3 is 2.72 bits per heavy atom. The molecule has 6 nitrogen and oxygen atoms in total. The van der Waals surface area contributed by atoms with E-state index in [4.69, 9.17) is 18.9 Å². The average molecular weight is 427 g/mol. The van der Waals surface area contributed by atoms with E-state index in [-0.39, 0.29) is 12.4 Å². The number of aromatic nitrogens is 1. The van der Waals surface area contributed by atoms with Crippen molar-refractivity contribution < 1.29 is 18.9 Å². The monoisotopic (exact) mass is 427 g/mol. The Morgan fingerprint density at radius 1 is 1.00 bits per heavy atom. The molecule has 0 aliphatic carbocycles. The van der Waals surface area contributed by atoms with E-state index in [2.05, 4.69) is 0 Å². The summed E-state index contributed by atoms with van der Waals surface area (Å²) in [6, 6.07) is 19.8. The number of methoxy groups -OCH3 is 1. The van der Waals surface area contributed by atoms with E-state index < -0.39 is 0 Å². The van der Waals surface area contributed by atoms with Gasteiger partial charge in [-0.2, -0.15) is 0 Å². The topological polar surface area (TPSA) is 58.9 Å². The second kappa shape index (κ2) is 7.34. The summed E-state index contributed by atoms with van der Waals surface area (Å²) < 4.78 is 24.6. The molecule has 0 spiro atoms. The zero-order valence-corrected chi connectivity index (χ0v) is 17.6. The Balaban J connectivity index is 1.48.